The van der Waals surface area contributed by atoms with E-state index in [0.29, 0.717) is 22.3 Å². The maximum Gasteiger partial charge on any atom is 0.260 e. The normalized spacial score (nSPS) is 14.5. The molecule has 1 amide bonds. The van der Waals surface area contributed by atoms with E-state index >= 15 is 0 Å². The van der Waals surface area contributed by atoms with Gasteiger partial charge in [-0.15, -0.1) is 12.4 Å². The molecule has 5 nitrogen and oxygen atoms in total. The number of thiazole rings is 1. The fourth-order valence-electron chi connectivity index (χ4n) is 3.61. The highest BCUT2D eigenvalue weighted by Gasteiger charge is 2.23. The topological polar surface area (TPSA) is 45.7 Å². The van der Waals surface area contributed by atoms with Crippen molar-refractivity contribution in [1.29, 1.82) is 0 Å². The molecule has 0 atom stereocenters. The number of benzene rings is 2. The lowest BCUT2D eigenvalue weighted by Crippen LogP contribution is -2.43. The number of fused-ring (bicyclic) bond motifs is 1. The Balaban J connectivity index is 0.00000256. The Hall–Kier alpha value is -1.70. The Bertz CT molecular complexity index is 1010. The zero-order chi connectivity index (χ0) is 20.4. The molecule has 2 heterocycles. The maximum atomic E-state index is 13.5. The minimum absolute atomic E-state index is 0. The number of morpholine rings is 1. The van der Waals surface area contributed by atoms with Crippen LogP contribution in [0.5, 0.6) is 0 Å². The summed E-state index contributed by atoms with van der Waals surface area (Å²) in [4.78, 5) is 22.4. The lowest BCUT2D eigenvalue weighted by Gasteiger charge is -2.29. The molecule has 0 N–H and O–H groups in total. The fraction of sp³-hybridized carbons (Fsp3) is 0.364. The summed E-state index contributed by atoms with van der Waals surface area (Å²) in [5, 5.41) is 1.38. The van der Waals surface area contributed by atoms with E-state index in [1.54, 1.807) is 0 Å². The lowest BCUT2D eigenvalue weighted by atomic mass is 10.1. The van der Waals surface area contributed by atoms with Gasteiger partial charge in [-0.2, -0.15) is 0 Å². The average molecular weight is 466 g/mol. The number of hydrogen-bond acceptors (Lipinski definition) is 5. The summed E-state index contributed by atoms with van der Waals surface area (Å²) >= 11 is 7.65. The molecule has 1 aliphatic heterocycles. The van der Waals surface area contributed by atoms with Gasteiger partial charge >= 0.3 is 0 Å². The number of carbonyl (C=O) groups is 1. The first kappa shape index (κ1) is 23.0. The summed E-state index contributed by atoms with van der Waals surface area (Å²) in [5.74, 6) is -0.0183. The molecule has 30 heavy (non-hydrogen) atoms. The van der Waals surface area contributed by atoms with Gasteiger partial charge in [-0.05, 0) is 44.2 Å². The van der Waals surface area contributed by atoms with Gasteiger partial charge in [0.1, 0.15) is 0 Å². The van der Waals surface area contributed by atoms with Crippen LogP contribution in [0.1, 0.15) is 21.5 Å². The summed E-state index contributed by atoms with van der Waals surface area (Å²) in [7, 11) is 0. The molecule has 0 unspecified atom stereocenters. The van der Waals surface area contributed by atoms with Crippen molar-refractivity contribution in [3.05, 3.63) is 58.1 Å². The number of nitrogens with zero attached hydrogens (tertiary/aromatic N) is 3. The summed E-state index contributed by atoms with van der Waals surface area (Å²) in [5.41, 5.74) is 3.72. The van der Waals surface area contributed by atoms with E-state index in [-0.39, 0.29) is 18.3 Å². The van der Waals surface area contributed by atoms with Gasteiger partial charge in [0.15, 0.2) is 5.13 Å². The third-order valence-corrected chi connectivity index (χ3v) is 6.30. The number of aryl methyl sites for hydroxylation is 2. The number of rotatable bonds is 5. The van der Waals surface area contributed by atoms with Crippen LogP contribution in [0.25, 0.3) is 10.2 Å². The number of amides is 1. The summed E-state index contributed by atoms with van der Waals surface area (Å²) in [6.07, 6.45) is 0. The molecule has 3 aromatic rings. The van der Waals surface area contributed by atoms with Gasteiger partial charge in [0.05, 0.1) is 23.4 Å². The van der Waals surface area contributed by atoms with Gasteiger partial charge in [0.2, 0.25) is 0 Å². The van der Waals surface area contributed by atoms with E-state index in [1.165, 1.54) is 11.3 Å². The molecular weight excluding hydrogens is 441 g/mol. The Labute approximate surface area is 192 Å². The third-order valence-electron chi connectivity index (χ3n) is 5.03. The SMILES string of the molecule is Cc1cc(C)cc(C(=O)N(CCN2CCOCC2)c2nc3ccc(Cl)cc3s2)c1.Cl. The van der Waals surface area contributed by atoms with Crippen molar-refractivity contribution >= 4 is 56.6 Å². The zero-order valence-corrected chi connectivity index (χ0v) is 19.4. The Morgan fingerprint density at radius 1 is 1.17 bits per heavy atom. The van der Waals surface area contributed by atoms with Gasteiger partial charge in [0, 0.05) is 36.8 Å². The molecule has 1 aliphatic rings. The fourth-order valence-corrected chi connectivity index (χ4v) is 4.87. The molecule has 0 saturated carbocycles. The molecule has 1 saturated heterocycles. The average Bonchev–Trinajstić information content (AvgIpc) is 3.10. The van der Waals surface area contributed by atoms with Crippen LogP contribution in [-0.2, 0) is 4.74 Å². The molecule has 4 rings (SSSR count). The number of hydrogen-bond donors (Lipinski definition) is 0. The standard InChI is InChI=1S/C22H24ClN3O2S.ClH/c1-15-11-16(2)13-17(12-15)21(27)26(6-5-25-7-9-28-10-8-25)22-24-19-4-3-18(23)14-20(19)29-22;/h3-4,11-14H,5-10H2,1-2H3;1H. The third kappa shape index (κ3) is 5.31. The largest absolute Gasteiger partial charge is 0.379 e. The maximum absolute atomic E-state index is 13.5. The Morgan fingerprint density at radius 3 is 2.57 bits per heavy atom. The van der Waals surface area contributed by atoms with E-state index < -0.39 is 0 Å². The van der Waals surface area contributed by atoms with Crippen molar-refractivity contribution < 1.29 is 9.53 Å². The first-order valence-electron chi connectivity index (χ1n) is 9.76. The quantitative estimate of drug-likeness (QED) is 0.533. The highest BCUT2D eigenvalue weighted by atomic mass is 35.5. The minimum Gasteiger partial charge on any atom is -0.379 e. The van der Waals surface area contributed by atoms with Crippen molar-refractivity contribution in [1.82, 2.24) is 9.88 Å². The second-order valence-corrected chi connectivity index (χ2v) is 8.84. The first-order valence-corrected chi connectivity index (χ1v) is 11.0. The Morgan fingerprint density at radius 2 is 1.87 bits per heavy atom. The molecule has 0 bridgehead atoms. The summed E-state index contributed by atoms with van der Waals surface area (Å²) in [6, 6.07) is 11.6. The number of ether oxygens (including phenoxy) is 1. The van der Waals surface area contributed by atoms with Crippen LogP contribution in [0.4, 0.5) is 5.13 Å². The molecule has 0 aliphatic carbocycles. The van der Waals surface area contributed by atoms with E-state index in [4.69, 9.17) is 21.3 Å². The predicted molar refractivity (Wildman–Crippen MR) is 127 cm³/mol. The van der Waals surface area contributed by atoms with Crippen molar-refractivity contribution in [3.8, 4) is 0 Å². The lowest BCUT2D eigenvalue weighted by molar-refractivity contribution is 0.0391. The monoisotopic (exact) mass is 465 g/mol. The van der Waals surface area contributed by atoms with E-state index in [9.17, 15) is 4.79 Å². The molecule has 1 fully saturated rings. The molecule has 8 heteroatoms. The van der Waals surface area contributed by atoms with Crippen LogP contribution in [0.2, 0.25) is 5.02 Å². The second-order valence-electron chi connectivity index (χ2n) is 7.40. The molecular formula is C22H25Cl2N3O2S. The first-order chi connectivity index (χ1) is 14.0. The van der Waals surface area contributed by atoms with Crippen LogP contribution in [0.15, 0.2) is 36.4 Å². The highest BCUT2D eigenvalue weighted by Crippen LogP contribution is 2.31. The molecule has 2 aromatic carbocycles. The van der Waals surface area contributed by atoms with Gasteiger partial charge in [-0.25, -0.2) is 4.98 Å². The van der Waals surface area contributed by atoms with Crippen molar-refractivity contribution in [2.45, 2.75) is 13.8 Å². The van der Waals surface area contributed by atoms with Crippen LogP contribution in [0.3, 0.4) is 0 Å². The number of anilines is 1. The highest BCUT2D eigenvalue weighted by molar-refractivity contribution is 7.22. The van der Waals surface area contributed by atoms with E-state index in [2.05, 4.69) is 11.0 Å². The van der Waals surface area contributed by atoms with Gasteiger partial charge in [-0.3, -0.25) is 14.6 Å². The number of aromatic nitrogens is 1. The van der Waals surface area contributed by atoms with Crippen molar-refractivity contribution in [2.75, 3.05) is 44.3 Å². The zero-order valence-electron chi connectivity index (χ0n) is 17.1. The number of halogens is 2. The van der Waals surface area contributed by atoms with Gasteiger partial charge in [-0.1, -0.05) is 40.1 Å². The Kier molecular flexibility index (Phi) is 7.71. The molecule has 160 valence electrons. The van der Waals surface area contributed by atoms with Gasteiger partial charge in [0.25, 0.3) is 5.91 Å². The van der Waals surface area contributed by atoms with E-state index in [0.717, 1.165) is 54.2 Å². The number of carbonyl (C=O) groups excluding carboxylic acids is 1. The molecule has 1 aromatic heterocycles. The molecule has 0 spiro atoms. The van der Waals surface area contributed by atoms with Crippen LogP contribution >= 0.6 is 35.3 Å². The predicted octanol–water partition coefficient (Wildman–Crippen LogP) is 4.97. The van der Waals surface area contributed by atoms with Gasteiger partial charge < -0.3 is 4.74 Å². The summed E-state index contributed by atoms with van der Waals surface area (Å²) in [6.45, 7) is 8.66. The van der Waals surface area contributed by atoms with Crippen LogP contribution < -0.4 is 4.90 Å². The molecule has 0 radical (unpaired) electrons. The summed E-state index contributed by atoms with van der Waals surface area (Å²) < 4.78 is 6.42. The smallest absolute Gasteiger partial charge is 0.260 e. The van der Waals surface area contributed by atoms with Crippen LogP contribution in [-0.4, -0.2) is 55.2 Å². The van der Waals surface area contributed by atoms with Crippen molar-refractivity contribution in [3.63, 3.8) is 0 Å². The van der Waals surface area contributed by atoms with Crippen molar-refractivity contribution in [2.24, 2.45) is 0 Å². The van der Waals surface area contributed by atoms with Crippen LogP contribution in [0, 0.1) is 13.8 Å². The second kappa shape index (κ2) is 10.1. The van der Waals surface area contributed by atoms with E-state index in [1.807, 2.05) is 49.1 Å². The minimum atomic E-state index is -0.0183.